The summed E-state index contributed by atoms with van der Waals surface area (Å²) in [5.74, 6) is 0.0440. The molecular weight excluding hydrogens is 296 g/mol. The predicted molar refractivity (Wildman–Crippen MR) is 87.7 cm³/mol. The van der Waals surface area contributed by atoms with Crippen LogP contribution in [0.3, 0.4) is 0 Å². The van der Waals surface area contributed by atoms with Gasteiger partial charge in [-0.05, 0) is 31.0 Å². The van der Waals surface area contributed by atoms with Gasteiger partial charge < -0.3 is 0 Å². The number of hydrogen-bond acceptors (Lipinski definition) is 3. The molecule has 1 atom stereocenters. The monoisotopic (exact) mass is 316 g/mol. The Hall–Kier alpha value is -1.94. The Balaban J connectivity index is 2.28. The van der Waals surface area contributed by atoms with Gasteiger partial charge in [-0.3, -0.25) is 4.79 Å². The topological polar surface area (TPSA) is 51.2 Å². The van der Waals surface area contributed by atoms with Gasteiger partial charge in [-0.25, -0.2) is 8.42 Å². The molecule has 22 heavy (non-hydrogen) atoms. The highest BCUT2D eigenvalue weighted by atomic mass is 32.2. The van der Waals surface area contributed by atoms with Gasteiger partial charge in [0.2, 0.25) is 0 Å². The second-order valence-corrected chi connectivity index (χ2v) is 7.56. The fourth-order valence-electron chi connectivity index (χ4n) is 2.31. The molecule has 2 aromatic rings. The van der Waals surface area contributed by atoms with Crippen molar-refractivity contribution in [2.75, 3.05) is 0 Å². The van der Waals surface area contributed by atoms with Crippen molar-refractivity contribution in [1.29, 1.82) is 0 Å². The summed E-state index contributed by atoms with van der Waals surface area (Å²) >= 11 is 0. The van der Waals surface area contributed by atoms with Crippen LogP contribution in [0.15, 0.2) is 59.5 Å². The zero-order valence-electron chi connectivity index (χ0n) is 12.8. The number of benzene rings is 2. The van der Waals surface area contributed by atoms with Crippen molar-refractivity contribution in [1.82, 2.24) is 0 Å². The summed E-state index contributed by atoms with van der Waals surface area (Å²) in [4.78, 5) is 12.1. The summed E-state index contributed by atoms with van der Waals surface area (Å²) in [5.41, 5.74) is 1.32. The highest BCUT2D eigenvalue weighted by Crippen LogP contribution is 2.28. The second-order valence-electron chi connectivity index (χ2n) is 5.30. The lowest BCUT2D eigenvalue weighted by atomic mass is 10.1. The molecule has 0 N–H and O–H groups in total. The summed E-state index contributed by atoms with van der Waals surface area (Å²) in [6.07, 6.45) is 1.26. The van der Waals surface area contributed by atoms with Gasteiger partial charge in [-0.2, -0.15) is 0 Å². The average molecular weight is 316 g/mol. The van der Waals surface area contributed by atoms with Gasteiger partial charge in [-0.1, -0.05) is 49.4 Å². The third-order valence-electron chi connectivity index (χ3n) is 3.72. The molecule has 1 unspecified atom stereocenters. The summed E-state index contributed by atoms with van der Waals surface area (Å²) < 4.78 is 25.3. The van der Waals surface area contributed by atoms with Gasteiger partial charge in [0.05, 0.1) is 10.1 Å². The Bertz CT molecular complexity index is 732. The lowest BCUT2D eigenvalue weighted by molar-refractivity contribution is 0.0981. The molecule has 0 amide bonds. The molecule has 0 aliphatic carbocycles. The molecule has 0 fully saturated rings. The smallest absolute Gasteiger partial charge is 0.185 e. The van der Waals surface area contributed by atoms with Crippen LogP contribution >= 0.6 is 0 Å². The van der Waals surface area contributed by atoms with E-state index in [4.69, 9.17) is 0 Å². The van der Waals surface area contributed by atoms with Gasteiger partial charge in [0.15, 0.2) is 15.6 Å². The fraction of sp³-hybridized carbons (Fsp3) is 0.278. The van der Waals surface area contributed by atoms with E-state index in [1.54, 1.807) is 31.2 Å². The van der Waals surface area contributed by atoms with Crippen LogP contribution in [0.2, 0.25) is 0 Å². The van der Waals surface area contributed by atoms with Crippen LogP contribution in [0.1, 0.15) is 47.9 Å². The minimum Gasteiger partial charge on any atom is -0.294 e. The number of ketones is 1. The van der Waals surface area contributed by atoms with Crippen LogP contribution in [0.4, 0.5) is 0 Å². The lowest BCUT2D eigenvalue weighted by Crippen LogP contribution is -2.11. The molecule has 4 heteroatoms. The van der Waals surface area contributed by atoms with Crippen molar-refractivity contribution in [3.05, 3.63) is 65.7 Å². The first-order valence-electron chi connectivity index (χ1n) is 7.39. The molecule has 0 saturated carbocycles. The number of carbonyl (C=O) groups is 1. The van der Waals surface area contributed by atoms with E-state index in [9.17, 15) is 13.2 Å². The van der Waals surface area contributed by atoms with Gasteiger partial charge >= 0.3 is 0 Å². The van der Waals surface area contributed by atoms with Crippen LogP contribution in [-0.4, -0.2) is 14.2 Å². The van der Waals surface area contributed by atoms with Crippen LogP contribution < -0.4 is 0 Å². The molecule has 0 aromatic heterocycles. The predicted octanol–water partition coefficient (Wildman–Crippen LogP) is 4.20. The van der Waals surface area contributed by atoms with Gasteiger partial charge in [0.25, 0.3) is 0 Å². The third kappa shape index (κ3) is 3.45. The number of Topliss-reactive ketones (excluding diaryl/α,β-unsaturated/α-hetero) is 1. The average Bonchev–Trinajstić information content (AvgIpc) is 2.55. The van der Waals surface area contributed by atoms with Crippen LogP contribution in [0.25, 0.3) is 0 Å². The van der Waals surface area contributed by atoms with Crippen LogP contribution in [0.5, 0.6) is 0 Å². The van der Waals surface area contributed by atoms with Crippen LogP contribution in [0, 0.1) is 0 Å². The molecule has 0 aliphatic heterocycles. The molecule has 0 saturated heterocycles. The van der Waals surface area contributed by atoms with Crippen molar-refractivity contribution in [3.63, 3.8) is 0 Å². The Morgan fingerprint density at radius 3 is 2.14 bits per heavy atom. The maximum atomic E-state index is 12.7. The molecule has 0 bridgehead atoms. The van der Waals surface area contributed by atoms with Gasteiger partial charge in [0, 0.05) is 12.0 Å². The summed E-state index contributed by atoms with van der Waals surface area (Å²) in [7, 11) is -3.46. The molecule has 3 nitrogen and oxygen atoms in total. The molecule has 2 aromatic carbocycles. The largest absolute Gasteiger partial charge is 0.294 e. The quantitative estimate of drug-likeness (QED) is 0.750. The van der Waals surface area contributed by atoms with Crippen molar-refractivity contribution >= 4 is 15.6 Å². The number of carbonyl (C=O) groups excluding carboxylic acids is 1. The maximum Gasteiger partial charge on any atom is 0.185 e. The minimum atomic E-state index is -3.46. The first kappa shape index (κ1) is 16.4. The number of sulfone groups is 1. The highest BCUT2D eigenvalue weighted by Gasteiger charge is 2.24. The fourth-order valence-corrected chi connectivity index (χ4v) is 3.75. The highest BCUT2D eigenvalue weighted by molar-refractivity contribution is 7.91. The van der Waals surface area contributed by atoms with E-state index in [1.807, 2.05) is 25.1 Å². The number of rotatable bonds is 6. The minimum absolute atomic E-state index is 0.0440. The van der Waals surface area contributed by atoms with E-state index < -0.39 is 15.1 Å². The first-order chi connectivity index (χ1) is 10.5. The molecule has 0 radical (unpaired) electrons. The Morgan fingerprint density at radius 1 is 1.00 bits per heavy atom. The van der Waals surface area contributed by atoms with Crippen molar-refractivity contribution in [3.8, 4) is 0 Å². The lowest BCUT2D eigenvalue weighted by Gasteiger charge is -2.13. The normalized spacial score (nSPS) is 12.8. The van der Waals surface area contributed by atoms with Gasteiger partial charge in [-0.15, -0.1) is 0 Å². The molecule has 116 valence electrons. The SMILES string of the molecule is CCCC(=O)c1ccc(S(=O)(=O)C(C)c2ccccc2)cc1. The second kappa shape index (κ2) is 6.88. The summed E-state index contributed by atoms with van der Waals surface area (Å²) in [6.45, 7) is 3.62. The molecule has 0 heterocycles. The van der Waals surface area contributed by atoms with E-state index in [0.29, 0.717) is 12.0 Å². The van der Waals surface area contributed by atoms with Crippen molar-refractivity contribution in [2.24, 2.45) is 0 Å². The van der Waals surface area contributed by atoms with Crippen molar-refractivity contribution < 1.29 is 13.2 Å². The molecule has 0 aliphatic rings. The summed E-state index contributed by atoms with van der Waals surface area (Å²) in [6, 6.07) is 15.4. The third-order valence-corrected chi connectivity index (χ3v) is 5.85. The molecular formula is C18H20O3S. The van der Waals surface area contributed by atoms with E-state index >= 15 is 0 Å². The zero-order chi connectivity index (χ0) is 16.2. The standard InChI is InChI=1S/C18H20O3S/c1-3-7-18(19)16-10-12-17(13-11-16)22(20,21)14(2)15-8-5-4-6-9-15/h4-6,8-14H,3,7H2,1-2H3. The van der Waals surface area contributed by atoms with Gasteiger partial charge in [0.1, 0.15) is 0 Å². The van der Waals surface area contributed by atoms with Crippen LogP contribution in [-0.2, 0) is 9.84 Å². The first-order valence-corrected chi connectivity index (χ1v) is 8.93. The van der Waals surface area contributed by atoms with E-state index in [0.717, 1.165) is 12.0 Å². The zero-order valence-corrected chi connectivity index (χ0v) is 13.6. The Labute approximate surface area is 131 Å². The maximum absolute atomic E-state index is 12.7. The Morgan fingerprint density at radius 2 is 1.59 bits per heavy atom. The summed E-state index contributed by atoms with van der Waals surface area (Å²) in [5, 5.41) is -0.620. The van der Waals surface area contributed by atoms with E-state index in [-0.39, 0.29) is 10.7 Å². The molecule has 2 rings (SSSR count). The van der Waals surface area contributed by atoms with Crippen molar-refractivity contribution in [2.45, 2.75) is 36.8 Å². The number of hydrogen-bond donors (Lipinski definition) is 0. The molecule has 0 spiro atoms. The Kier molecular flexibility index (Phi) is 5.14. The van der Waals surface area contributed by atoms with E-state index in [1.165, 1.54) is 12.1 Å². The van der Waals surface area contributed by atoms with E-state index in [2.05, 4.69) is 0 Å².